The number of amides is 1. The van der Waals surface area contributed by atoms with Gasteiger partial charge in [-0.05, 0) is 31.9 Å². The minimum atomic E-state index is -0.187. The van der Waals surface area contributed by atoms with Crippen molar-refractivity contribution >= 4 is 17.7 Å². The molecule has 0 aromatic rings. The van der Waals surface area contributed by atoms with E-state index in [1.54, 1.807) is 0 Å². The van der Waals surface area contributed by atoms with Crippen LogP contribution in [0.3, 0.4) is 0 Å². The maximum Gasteiger partial charge on any atom is 0.240 e. The molecule has 0 bridgehead atoms. The fraction of sp³-hybridized carbons (Fsp3) is 0.929. The minimum absolute atomic E-state index is 0.0295. The van der Waals surface area contributed by atoms with Gasteiger partial charge in [-0.25, -0.2) is 0 Å². The molecule has 0 aromatic heterocycles. The van der Waals surface area contributed by atoms with Crippen molar-refractivity contribution in [1.82, 2.24) is 10.6 Å². The Labute approximate surface area is 120 Å². The summed E-state index contributed by atoms with van der Waals surface area (Å²) in [6.07, 6.45) is 4.73. The molecule has 0 spiro atoms. The molecule has 1 aliphatic heterocycles. The zero-order valence-corrected chi connectivity index (χ0v) is 12.8. The lowest BCUT2D eigenvalue weighted by molar-refractivity contribution is -0.129. The molecule has 2 N–H and O–H groups in total. The molecule has 1 saturated heterocycles. The van der Waals surface area contributed by atoms with Crippen molar-refractivity contribution in [2.45, 2.75) is 63.0 Å². The second-order valence-corrected chi connectivity index (χ2v) is 7.03. The number of carbonyl (C=O) groups excluding carboxylic acids is 1. The number of rotatable bonds is 4. The predicted molar refractivity (Wildman–Crippen MR) is 79.5 cm³/mol. The largest absolute Gasteiger partial charge is 0.375 e. The van der Waals surface area contributed by atoms with Crippen molar-refractivity contribution < 1.29 is 9.53 Å². The summed E-state index contributed by atoms with van der Waals surface area (Å²) in [7, 11) is 0. The van der Waals surface area contributed by atoms with Crippen molar-refractivity contribution in [1.29, 1.82) is 0 Å². The second kappa shape index (κ2) is 7.50. The van der Waals surface area contributed by atoms with E-state index in [9.17, 15) is 4.79 Å². The standard InChI is InChI=1S/C14H26N2O2S/c1-3-19-12-6-4-5-11(9-12)16-14(17)13-10(2)18-8-7-15-13/h10-13,15H,3-9H2,1-2H3,(H,16,17)/t10-,11?,12?,13+/m1/s1. The third-order valence-electron chi connectivity index (χ3n) is 3.97. The third kappa shape index (κ3) is 4.36. The molecule has 110 valence electrons. The Kier molecular flexibility index (Phi) is 5.98. The zero-order chi connectivity index (χ0) is 13.7. The molecule has 0 radical (unpaired) electrons. The van der Waals surface area contributed by atoms with Gasteiger partial charge in [-0.1, -0.05) is 13.3 Å². The van der Waals surface area contributed by atoms with E-state index < -0.39 is 0 Å². The van der Waals surface area contributed by atoms with Crippen LogP contribution in [0.1, 0.15) is 39.5 Å². The van der Waals surface area contributed by atoms with Gasteiger partial charge in [-0.3, -0.25) is 4.79 Å². The summed E-state index contributed by atoms with van der Waals surface area (Å²) in [4.78, 5) is 12.3. The molecule has 1 aliphatic carbocycles. The van der Waals surface area contributed by atoms with Crippen molar-refractivity contribution in [3.63, 3.8) is 0 Å². The first-order chi connectivity index (χ1) is 9.20. The van der Waals surface area contributed by atoms with E-state index in [4.69, 9.17) is 4.74 Å². The third-order valence-corrected chi connectivity index (χ3v) is 5.21. The molecule has 4 atom stereocenters. The highest BCUT2D eigenvalue weighted by Crippen LogP contribution is 2.28. The highest BCUT2D eigenvalue weighted by Gasteiger charge is 2.31. The molecule has 4 nitrogen and oxygen atoms in total. The maximum absolute atomic E-state index is 12.3. The summed E-state index contributed by atoms with van der Waals surface area (Å²) in [6.45, 7) is 5.63. The molecule has 5 heteroatoms. The van der Waals surface area contributed by atoms with E-state index in [1.165, 1.54) is 18.6 Å². The molecule has 2 rings (SSSR count). The SMILES string of the molecule is CCSC1CCCC(NC(=O)[C@H]2NCCO[C@@H]2C)C1. The summed E-state index contributed by atoms with van der Waals surface area (Å²) in [5.41, 5.74) is 0. The molecule has 2 unspecified atom stereocenters. The number of carbonyl (C=O) groups is 1. The van der Waals surface area contributed by atoms with Crippen molar-refractivity contribution in [2.24, 2.45) is 0 Å². The first-order valence-corrected chi connectivity index (χ1v) is 8.52. The Hall–Kier alpha value is -0.260. The first-order valence-electron chi connectivity index (χ1n) is 7.47. The van der Waals surface area contributed by atoms with Crippen LogP contribution in [0.5, 0.6) is 0 Å². The van der Waals surface area contributed by atoms with Crippen LogP contribution in [0.2, 0.25) is 0 Å². The predicted octanol–water partition coefficient (Wildman–Crippen LogP) is 1.54. The van der Waals surface area contributed by atoms with Gasteiger partial charge >= 0.3 is 0 Å². The molecule has 2 fully saturated rings. The van der Waals surface area contributed by atoms with Crippen molar-refractivity contribution in [3.05, 3.63) is 0 Å². The smallest absolute Gasteiger partial charge is 0.240 e. The van der Waals surface area contributed by atoms with E-state index >= 15 is 0 Å². The van der Waals surface area contributed by atoms with Crippen LogP contribution in [0.25, 0.3) is 0 Å². The van der Waals surface area contributed by atoms with E-state index in [0.29, 0.717) is 12.6 Å². The number of ether oxygens (including phenoxy) is 1. The van der Waals surface area contributed by atoms with E-state index in [1.807, 2.05) is 18.7 Å². The quantitative estimate of drug-likeness (QED) is 0.823. The van der Waals surface area contributed by atoms with Gasteiger partial charge in [-0.2, -0.15) is 11.8 Å². The Bertz CT molecular complexity index is 299. The number of hydrogen-bond acceptors (Lipinski definition) is 4. The van der Waals surface area contributed by atoms with Crippen LogP contribution < -0.4 is 10.6 Å². The number of thioether (sulfide) groups is 1. The minimum Gasteiger partial charge on any atom is -0.375 e. The van der Waals surface area contributed by atoms with E-state index in [0.717, 1.165) is 24.6 Å². The van der Waals surface area contributed by atoms with Gasteiger partial charge in [0.1, 0.15) is 6.04 Å². The molecule has 0 aromatic carbocycles. The maximum atomic E-state index is 12.3. The van der Waals surface area contributed by atoms with Crippen LogP contribution >= 0.6 is 11.8 Å². The number of nitrogens with one attached hydrogen (secondary N) is 2. The topological polar surface area (TPSA) is 50.4 Å². The molecular weight excluding hydrogens is 260 g/mol. The van der Waals surface area contributed by atoms with Crippen LogP contribution in [0.15, 0.2) is 0 Å². The molecule has 1 heterocycles. The summed E-state index contributed by atoms with van der Waals surface area (Å²) in [5, 5.41) is 7.18. The molecule has 1 saturated carbocycles. The Morgan fingerprint density at radius 3 is 3.05 bits per heavy atom. The van der Waals surface area contributed by atoms with E-state index in [2.05, 4.69) is 17.6 Å². The Balaban J connectivity index is 1.80. The molecular formula is C14H26N2O2S. The average Bonchev–Trinajstić information content (AvgIpc) is 2.40. The van der Waals surface area contributed by atoms with Gasteiger partial charge in [0.05, 0.1) is 12.7 Å². The van der Waals surface area contributed by atoms with Gasteiger partial charge in [0.15, 0.2) is 0 Å². The Morgan fingerprint density at radius 2 is 2.32 bits per heavy atom. The van der Waals surface area contributed by atoms with Crippen LogP contribution in [0.4, 0.5) is 0 Å². The second-order valence-electron chi connectivity index (χ2n) is 5.46. The number of hydrogen-bond donors (Lipinski definition) is 2. The summed E-state index contributed by atoms with van der Waals surface area (Å²) >= 11 is 2.03. The number of morpholine rings is 1. The van der Waals surface area contributed by atoms with Gasteiger partial charge in [0, 0.05) is 17.8 Å². The zero-order valence-electron chi connectivity index (χ0n) is 12.0. The highest BCUT2D eigenvalue weighted by atomic mass is 32.2. The molecule has 1 amide bonds. The van der Waals surface area contributed by atoms with Gasteiger partial charge in [0.25, 0.3) is 0 Å². The average molecular weight is 286 g/mol. The monoisotopic (exact) mass is 286 g/mol. The van der Waals surface area contributed by atoms with Gasteiger partial charge in [0.2, 0.25) is 5.91 Å². The lowest BCUT2D eigenvalue weighted by atomic mass is 9.94. The highest BCUT2D eigenvalue weighted by molar-refractivity contribution is 7.99. The van der Waals surface area contributed by atoms with Crippen LogP contribution in [0, 0.1) is 0 Å². The lowest BCUT2D eigenvalue weighted by Gasteiger charge is -2.33. The summed E-state index contributed by atoms with van der Waals surface area (Å²) in [6, 6.07) is 0.161. The summed E-state index contributed by atoms with van der Waals surface area (Å²) in [5.74, 6) is 1.28. The van der Waals surface area contributed by atoms with Gasteiger partial charge < -0.3 is 15.4 Å². The van der Waals surface area contributed by atoms with Gasteiger partial charge in [-0.15, -0.1) is 0 Å². The Morgan fingerprint density at radius 1 is 1.47 bits per heavy atom. The lowest BCUT2D eigenvalue weighted by Crippen LogP contribution is -2.57. The molecule has 2 aliphatic rings. The fourth-order valence-electron chi connectivity index (χ4n) is 2.98. The van der Waals surface area contributed by atoms with Crippen molar-refractivity contribution in [2.75, 3.05) is 18.9 Å². The van der Waals surface area contributed by atoms with Crippen LogP contribution in [-0.4, -0.2) is 48.2 Å². The normalized spacial score (nSPS) is 35.9. The summed E-state index contributed by atoms with van der Waals surface area (Å²) < 4.78 is 5.53. The first kappa shape index (κ1) is 15.1. The van der Waals surface area contributed by atoms with Crippen molar-refractivity contribution in [3.8, 4) is 0 Å². The fourth-order valence-corrected chi connectivity index (χ4v) is 4.15. The van der Waals surface area contributed by atoms with Crippen LogP contribution in [-0.2, 0) is 9.53 Å². The molecule has 19 heavy (non-hydrogen) atoms. The van der Waals surface area contributed by atoms with E-state index in [-0.39, 0.29) is 18.1 Å².